The molecule has 0 saturated carbocycles. The van der Waals surface area contributed by atoms with Crippen LogP contribution in [0.3, 0.4) is 0 Å². The molecule has 0 bridgehead atoms. The predicted octanol–water partition coefficient (Wildman–Crippen LogP) is 5.69. The second kappa shape index (κ2) is 7.08. The molecule has 5 rings (SSSR count). The largest absolute Gasteiger partial charge is 0.361 e. The maximum atomic E-state index is 13.3. The number of para-hydroxylation sites is 2. The molecule has 5 aromatic rings. The first-order chi connectivity index (χ1) is 14.2. The Morgan fingerprint density at radius 2 is 1.59 bits per heavy atom. The highest BCUT2D eigenvalue weighted by atomic mass is 35.5. The average Bonchev–Trinajstić information content (AvgIpc) is 3.16. The lowest BCUT2D eigenvalue weighted by Crippen LogP contribution is -2.22. The molecule has 140 valence electrons. The molecule has 0 atom stereocenters. The number of nitrogens with zero attached hydrogens (tertiary/aromatic N) is 2. The molecular formula is C24H16ClN3O. The molecule has 5 heteroatoms. The van der Waals surface area contributed by atoms with Crippen molar-refractivity contribution in [2.24, 2.45) is 0 Å². The average molecular weight is 398 g/mol. The van der Waals surface area contributed by atoms with Crippen molar-refractivity contribution in [3.63, 3.8) is 0 Å². The van der Waals surface area contributed by atoms with Crippen molar-refractivity contribution in [1.29, 1.82) is 0 Å². The molecule has 0 aliphatic heterocycles. The molecule has 0 radical (unpaired) electrons. The molecular weight excluding hydrogens is 382 g/mol. The molecule has 2 heterocycles. The molecule has 0 aliphatic rings. The summed E-state index contributed by atoms with van der Waals surface area (Å²) in [4.78, 5) is 21.3. The monoisotopic (exact) mass is 397 g/mol. The van der Waals surface area contributed by atoms with Crippen LogP contribution in [0.4, 0.5) is 0 Å². The van der Waals surface area contributed by atoms with Crippen molar-refractivity contribution in [3.05, 3.63) is 106 Å². The van der Waals surface area contributed by atoms with E-state index in [1.165, 1.54) is 0 Å². The normalized spacial score (nSPS) is 11.6. The molecule has 0 spiro atoms. The fourth-order valence-electron chi connectivity index (χ4n) is 3.50. The van der Waals surface area contributed by atoms with Crippen LogP contribution in [0.5, 0.6) is 0 Å². The summed E-state index contributed by atoms with van der Waals surface area (Å²) < 4.78 is 1.62. The number of halogens is 1. The van der Waals surface area contributed by atoms with Gasteiger partial charge in [-0.05, 0) is 60.2 Å². The van der Waals surface area contributed by atoms with Gasteiger partial charge < -0.3 is 4.98 Å². The maximum absolute atomic E-state index is 13.3. The highest BCUT2D eigenvalue weighted by molar-refractivity contribution is 6.30. The van der Waals surface area contributed by atoms with Gasteiger partial charge in [0.2, 0.25) is 0 Å². The molecule has 0 amide bonds. The van der Waals surface area contributed by atoms with Crippen molar-refractivity contribution < 1.29 is 0 Å². The van der Waals surface area contributed by atoms with Crippen LogP contribution in [-0.4, -0.2) is 14.5 Å². The van der Waals surface area contributed by atoms with Crippen LogP contribution >= 0.6 is 11.6 Å². The van der Waals surface area contributed by atoms with Gasteiger partial charge in [-0.2, -0.15) is 0 Å². The van der Waals surface area contributed by atoms with E-state index < -0.39 is 0 Å². The third kappa shape index (κ3) is 3.13. The second-order valence-electron chi connectivity index (χ2n) is 6.73. The van der Waals surface area contributed by atoms with Crippen LogP contribution in [0.1, 0.15) is 11.4 Å². The Bertz CT molecular complexity index is 1430. The summed E-state index contributed by atoms with van der Waals surface area (Å²) in [6, 6.07) is 22.7. The molecule has 0 unspecified atom stereocenters. The summed E-state index contributed by atoms with van der Waals surface area (Å²) >= 11 is 6.04. The summed E-state index contributed by atoms with van der Waals surface area (Å²) in [5.41, 5.74) is 3.37. The van der Waals surface area contributed by atoms with Crippen LogP contribution in [0.25, 0.3) is 39.6 Å². The van der Waals surface area contributed by atoms with Gasteiger partial charge >= 0.3 is 0 Å². The smallest absolute Gasteiger partial charge is 0.266 e. The molecule has 0 aliphatic carbocycles. The first kappa shape index (κ1) is 17.5. The highest BCUT2D eigenvalue weighted by Crippen LogP contribution is 2.21. The van der Waals surface area contributed by atoms with E-state index >= 15 is 0 Å². The number of fused-ring (bicyclic) bond motifs is 2. The molecule has 4 nitrogen and oxygen atoms in total. The molecule has 1 N–H and O–H groups in total. The van der Waals surface area contributed by atoms with Gasteiger partial charge in [-0.1, -0.05) is 41.9 Å². The summed E-state index contributed by atoms with van der Waals surface area (Å²) in [6.07, 6.45) is 5.80. The van der Waals surface area contributed by atoms with Crippen LogP contribution in [0, 0.1) is 0 Å². The Morgan fingerprint density at radius 3 is 2.41 bits per heavy atom. The Balaban J connectivity index is 1.72. The molecule has 0 fully saturated rings. The SMILES string of the molecule is O=c1c2ccccc2nc(/C=C/c2c[nH]c3ccccc23)n1-c1ccc(Cl)cc1. The summed E-state index contributed by atoms with van der Waals surface area (Å²) in [6.45, 7) is 0. The number of H-pyrrole nitrogens is 1. The van der Waals surface area contributed by atoms with Crippen LogP contribution in [0.2, 0.25) is 5.02 Å². The third-order valence-corrected chi connectivity index (χ3v) is 5.17. The Kier molecular flexibility index (Phi) is 4.26. The summed E-state index contributed by atoms with van der Waals surface area (Å²) in [5.74, 6) is 0.557. The van der Waals surface area contributed by atoms with E-state index in [9.17, 15) is 4.79 Å². The fourth-order valence-corrected chi connectivity index (χ4v) is 3.62. The number of hydrogen-bond acceptors (Lipinski definition) is 2. The fraction of sp³-hybridized carbons (Fsp3) is 0. The van der Waals surface area contributed by atoms with Crippen LogP contribution in [-0.2, 0) is 0 Å². The number of nitrogens with one attached hydrogen (secondary N) is 1. The van der Waals surface area contributed by atoms with Crippen molar-refractivity contribution in [3.8, 4) is 5.69 Å². The molecule has 29 heavy (non-hydrogen) atoms. The minimum absolute atomic E-state index is 0.114. The first-order valence-electron chi connectivity index (χ1n) is 9.23. The van der Waals surface area contributed by atoms with Gasteiger partial charge in [-0.15, -0.1) is 0 Å². The quantitative estimate of drug-likeness (QED) is 0.425. The van der Waals surface area contributed by atoms with Crippen molar-refractivity contribution >= 4 is 45.6 Å². The second-order valence-corrected chi connectivity index (χ2v) is 7.16. The lowest BCUT2D eigenvalue weighted by atomic mass is 10.1. The van der Waals surface area contributed by atoms with Gasteiger partial charge in [-0.25, -0.2) is 4.98 Å². The number of rotatable bonds is 3. The van der Waals surface area contributed by atoms with E-state index in [4.69, 9.17) is 16.6 Å². The van der Waals surface area contributed by atoms with Gasteiger partial charge in [0.1, 0.15) is 5.82 Å². The zero-order chi connectivity index (χ0) is 19.8. The number of hydrogen-bond donors (Lipinski definition) is 1. The Labute approximate surface area is 171 Å². The minimum Gasteiger partial charge on any atom is -0.361 e. The minimum atomic E-state index is -0.114. The highest BCUT2D eigenvalue weighted by Gasteiger charge is 2.11. The van der Waals surface area contributed by atoms with E-state index in [2.05, 4.69) is 11.1 Å². The number of aromatic nitrogens is 3. The van der Waals surface area contributed by atoms with Crippen LogP contribution < -0.4 is 5.56 Å². The van der Waals surface area contributed by atoms with E-state index in [0.29, 0.717) is 21.7 Å². The van der Waals surface area contributed by atoms with Crippen molar-refractivity contribution in [1.82, 2.24) is 14.5 Å². The first-order valence-corrected chi connectivity index (χ1v) is 9.60. The Morgan fingerprint density at radius 1 is 0.862 bits per heavy atom. The number of aromatic amines is 1. The molecule has 3 aromatic carbocycles. The van der Waals surface area contributed by atoms with E-state index in [-0.39, 0.29) is 5.56 Å². The van der Waals surface area contributed by atoms with E-state index in [1.54, 1.807) is 22.8 Å². The summed E-state index contributed by atoms with van der Waals surface area (Å²) in [7, 11) is 0. The molecule has 2 aromatic heterocycles. The van der Waals surface area contributed by atoms with Gasteiger partial charge in [0.25, 0.3) is 5.56 Å². The topological polar surface area (TPSA) is 50.7 Å². The zero-order valence-corrected chi connectivity index (χ0v) is 16.1. The van der Waals surface area contributed by atoms with Gasteiger partial charge in [0.15, 0.2) is 0 Å². The van der Waals surface area contributed by atoms with E-state index in [0.717, 1.165) is 22.2 Å². The van der Waals surface area contributed by atoms with Gasteiger partial charge in [-0.3, -0.25) is 9.36 Å². The lowest BCUT2D eigenvalue weighted by molar-refractivity contribution is 0.944. The zero-order valence-electron chi connectivity index (χ0n) is 15.3. The van der Waals surface area contributed by atoms with Gasteiger partial charge in [0, 0.05) is 22.1 Å². The maximum Gasteiger partial charge on any atom is 0.266 e. The molecule has 0 saturated heterocycles. The van der Waals surface area contributed by atoms with E-state index in [1.807, 2.05) is 66.9 Å². The third-order valence-electron chi connectivity index (χ3n) is 4.92. The van der Waals surface area contributed by atoms with Crippen molar-refractivity contribution in [2.45, 2.75) is 0 Å². The number of benzene rings is 3. The predicted molar refractivity (Wildman–Crippen MR) is 120 cm³/mol. The summed E-state index contributed by atoms with van der Waals surface area (Å²) in [5, 5.41) is 2.31. The van der Waals surface area contributed by atoms with Crippen LogP contribution in [0.15, 0.2) is 83.8 Å². The van der Waals surface area contributed by atoms with Gasteiger partial charge in [0.05, 0.1) is 16.6 Å². The van der Waals surface area contributed by atoms with Crippen molar-refractivity contribution in [2.75, 3.05) is 0 Å². The Hall–Kier alpha value is -3.63. The standard InChI is InChI=1S/C24H16ClN3O/c25-17-10-12-18(13-11-17)28-23(27-22-8-4-2-6-20(22)24(28)29)14-9-16-15-26-21-7-3-1-5-19(16)21/h1-15,26H/b14-9+. The lowest BCUT2D eigenvalue weighted by Gasteiger charge is -2.11.